The van der Waals surface area contributed by atoms with Crippen LogP contribution in [-0.2, 0) is 0 Å². The molecule has 0 unspecified atom stereocenters. The van der Waals surface area contributed by atoms with Crippen molar-refractivity contribution in [3.8, 4) is 0 Å². The monoisotopic (exact) mass is 389 g/mol. The van der Waals surface area contributed by atoms with Crippen molar-refractivity contribution >= 4 is 34.3 Å². The second-order valence-electron chi connectivity index (χ2n) is 8.05. The Hall–Kier alpha value is -3.26. The van der Waals surface area contributed by atoms with Crippen LogP contribution < -0.4 is 22.1 Å². The number of carbonyl (C=O) groups is 1. The molecular formula is C21H23N7O. The summed E-state index contributed by atoms with van der Waals surface area (Å²) in [5, 5.41) is 7.61. The normalized spacial score (nSPS) is 18.2. The highest BCUT2D eigenvalue weighted by atomic mass is 16.1. The molecule has 2 aliphatic rings. The zero-order valence-electron chi connectivity index (χ0n) is 15.9. The number of aromatic nitrogens is 3. The van der Waals surface area contributed by atoms with Gasteiger partial charge in [-0.2, -0.15) is 4.98 Å². The quantitative estimate of drug-likeness (QED) is 0.488. The maximum absolute atomic E-state index is 11.9. The topological polar surface area (TPSA) is 132 Å². The molecule has 5 rings (SSSR count). The number of anilines is 3. The summed E-state index contributed by atoms with van der Waals surface area (Å²) in [5.74, 6) is 0.798. The summed E-state index contributed by atoms with van der Waals surface area (Å²) in [4.78, 5) is 25.1. The van der Waals surface area contributed by atoms with Gasteiger partial charge in [-0.3, -0.25) is 9.78 Å². The molecule has 148 valence electrons. The fourth-order valence-corrected chi connectivity index (χ4v) is 3.77. The van der Waals surface area contributed by atoms with E-state index in [4.69, 9.17) is 11.5 Å². The molecule has 0 bridgehead atoms. The van der Waals surface area contributed by atoms with E-state index in [9.17, 15) is 4.79 Å². The number of hydrogen-bond donors (Lipinski definition) is 4. The lowest BCUT2D eigenvalue weighted by Gasteiger charge is -2.25. The fraction of sp³-hybridized carbons (Fsp3) is 0.333. The Morgan fingerprint density at radius 3 is 2.76 bits per heavy atom. The Kier molecular flexibility index (Phi) is 4.09. The van der Waals surface area contributed by atoms with Crippen LogP contribution in [0.4, 0.5) is 17.5 Å². The maximum Gasteiger partial charge on any atom is 0.254 e. The van der Waals surface area contributed by atoms with Crippen LogP contribution in [0, 0.1) is 5.92 Å². The molecule has 2 saturated carbocycles. The number of nitrogens with two attached hydrogens (primary N) is 2. The number of primary amides is 1. The van der Waals surface area contributed by atoms with E-state index in [-0.39, 0.29) is 17.1 Å². The van der Waals surface area contributed by atoms with Gasteiger partial charge in [0.25, 0.3) is 5.91 Å². The van der Waals surface area contributed by atoms with Crippen LogP contribution in [0.1, 0.15) is 36.0 Å². The third kappa shape index (κ3) is 3.58. The van der Waals surface area contributed by atoms with E-state index >= 15 is 0 Å². The van der Waals surface area contributed by atoms with E-state index in [0.29, 0.717) is 17.7 Å². The van der Waals surface area contributed by atoms with Gasteiger partial charge in [-0.25, -0.2) is 4.98 Å². The SMILES string of the molecule is NC(=O)c1cnc(N[C@H](C2CC2)C2(N)CC2)nc1Nc1ccc2ncccc2c1. The van der Waals surface area contributed by atoms with Gasteiger partial charge in [0.05, 0.1) is 5.52 Å². The molecule has 0 radical (unpaired) electrons. The first-order chi connectivity index (χ1) is 14.0. The first kappa shape index (κ1) is 17.8. The number of pyridine rings is 1. The molecule has 2 aromatic heterocycles. The number of fused-ring (bicyclic) bond motifs is 1. The van der Waals surface area contributed by atoms with Crippen molar-refractivity contribution < 1.29 is 4.79 Å². The molecule has 3 aromatic rings. The summed E-state index contributed by atoms with van der Waals surface area (Å²) < 4.78 is 0. The van der Waals surface area contributed by atoms with Gasteiger partial charge in [0.1, 0.15) is 11.4 Å². The predicted octanol–water partition coefficient (Wildman–Crippen LogP) is 2.55. The number of carbonyl (C=O) groups excluding carboxylic acids is 1. The van der Waals surface area contributed by atoms with Crippen LogP contribution in [0.3, 0.4) is 0 Å². The van der Waals surface area contributed by atoms with E-state index in [0.717, 1.165) is 29.4 Å². The first-order valence-electron chi connectivity index (χ1n) is 9.86. The van der Waals surface area contributed by atoms with Gasteiger partial charge in [-0.1, -0.05) is 6.07 Å². The van der Waals surface area contributed by atoms with Crippen molar-refractivity contribution in [2.75, 3.05) is 10.6 Å². The molecule has 0 aliphatic heterocycles. The van der Waals surface area contributed by atoms with Crippen LogP contribution in [-0.4, -0.2) is 32.4 Å². The number of hydrogen-bond acceptors (Lipinski definition) is 7. The summed E-state index contributed by atoms with van der Waals surface area (Å²) in [7, 11) is 0. The number of nitrogens with zero attached hydrogens (tertiary/aromatic N) is 3. The number of amides is 1. The van der Waals surface area contributed by atoms with Gasteiger partial charge in [0.15, 0.2) is 0 Å². The lowest BCUT2D eigenvalue weighted by atomic mass is 10.0. The zero-order valence-corrected chi connectivity index (χ0v) is 15.9. The van der Waals surface area contributed by atoms with Crippen molar-refractivity contribution in [2.45, 2.75) is 37.3 Å². The smallest absolute Gasteiger partial charge is 0.254 e. The summed E-state index contributed by atoms with van der Waals surface area (Å²) in [6, 6.07) is 9.77. The molecular weight excluding hydrogens is 366 g/mol. The minimum Gasteiger partial charge on any atom is -0.365 e. The lowest BCUT2D eigenvalue weighted by Crippen LogP contribution is -2.44. The first-order valence-corrected chi connectivity index (χ1v) is 9.86. The van der Waals surface area contributed by atoms with E-state index < -0.39 is 5.91 Å². The van der Waals surface area contributed by atoms with Crippen molar-refractivity contribution in [3.63, 3.8) is 0 Å². The van der Waals surface area contributed by atoms with Crippen LogP contribution in [0.15, 0.2) is 42.7 Å². The minimum absolute atomic E-state index is 0.154. The molecule has 29 heavy (non-hydrogen) atoms. The maximum atomic E-state index is 11.9. The number of nitrogens with one attached hydrogen (secondary N) is 2. The molecule has 2 heterocycles. The molecule has 2 aliphatic carbocycles. The number of benzene rings is 1. The van der Waals surface area contributed by atoms with Crippen LogP contribution in [0.2, 0.25) is 0 Å². The Bertz CT molecular complexity index is 1090. The summed E-state index contributed by atoms with van der Waals surface area (Å²) in [6.45, 7) is 0. The molecule has 0 saturated heterocycles. The Balaban J connectivity index is 1.45. The summed E-state index contributed by atoms with van der Waals surface area (Å²) in [6.07, 6.45) is 7.58. The second-order valence-corrected chi connectivity index (χ2v) is 8.05. The van der Waals surface area contributed by atoms with Gasteiger partial charge in [-0.05, 0) is 55.9 Å². The zero-order chi connectivity index (χ0) is 20.0. The van der Waals surface area contributed by atoms with Crippen LogP contribution in [0.25, 0.3) is 10.9 Å². The molecule has 2 fully saturated rings. The molecule has 1 aromatic carbocycles. The molecule has 6 N–H and O–H groups in total. The van der Waals surface area contributed by atoms with Gasteiger partial charge >= 0.3 is 0 Å². The Labute approximate surface area is 168 Å². The fourth-order valence-electron chi connectivity index (χ4n) is 3.77. The largest absolute Gasteiger partial charge is 0.365 e. The lowest BCUT2D eigenvalue weighted by molar-refractivity contribution is 0.100. The van der Waals surface area contributed by atoms with Crippen molar-refractivity contribution in [2.24, 2.45) is 17.4 Å². The van der Waals surface area contributed by atoms with Crippen LogP contribution in [0.5, 0.6) is 0 Å². The van der Waals surface area contributed by atoms with Crippen LogP contribution >= 0.6 is 0 Å². The highest BCUT2D eigenvalue weighted by molar-refractivity contribution is 5.98. The summed E-state index contributed by atoms with van der Waals surface area (Å²) in [5.41, 5.74) is 13.7. The van der Waals surface area contributed by atoms with E-state index in [1.807, 2.05) is 30.3 Å². The average Bonchev–Trinajstić information content (AvgIpc) is 3.63. The van der Waals surface area contributed by atoms with Crippen molar-refractivity contribution in [1.82, 2.24) is 15.0 Å². The van der Waals surface area contributed by atoms with Crippen molar-refractivity contribution in [3.05, 3.63) is 48.3 Å². The van der Waals surface area contributed by atoms with Crippen molar-refractivity contribution in [1.29, 1.82) is 0 Å². The molecule has 1 amide bonds. The van der Waals surface area contributed by atoms with Gasteiger partial charge in [0, 0.05) is 35.0 Å². The third-order valence-corrected chi connectivity index (χ3v) is 5.74. The standard InChI is InChI=1S/C21H23N7O/c22-18(29)15-11-25-20(27-17(12-3-4-12)21(23)7-8-21)28-19(15)26-14-5-6-16-13(10-14)2-1-9-24-16/h1-2,5-6,9-12,17H,3-4,7-8,23H2,(H2,22,29)(H2,25,26,27,28)/t17-/m1/s1. The minimum atomic E-state index is -0.585. The second kappa shape index (κ2) is 6.66. The van der Waals surface area contributed by atoms with Gasteiger partial charge < -0.3 is 22.1 Å². The van der Waals surface area contributed by atoms with Gasteiger partial charge in [-0.15, -0.1) is 0 Å². The Morgan fingerprint density at radius 1 is 1.21 bits per heavy atom. The molecule has 8 nitrogen and oxygen atoms in total. The predicted molar refractivity (Wildman–Crippen MR) is 112 cm³/mol. The van der Waals surface area contributed by atoms with E-state index in [2.05, 4.69) is 25.6 Å². The molecule has 1 atom stereocenters. The number of rotatable bonds is 7. The van der Waals surface area contributed by atoms with E-state index in [1.165, 1.54) is 19.0 Å². The molecule has 8 heteroatoms. The molecule has 0 spiro atoms. The highest BCUT2D eigenvalue weighted by Crippen LogP contribution is 2.47. The van der Waals surface area contributed by atoms with E-state index in [1.54, 1.807) is 6.20 Å². The van der Waals surface area contributed by atoms with Gasteiger partial charge in [0.2, 0.25) is 5.95 Å². The third-order valence-electron chi connectivity index (χ3n) is 5.74. The Morgan fingerprint density at radius 2 is 2.03 bits per heavy atom. The summed E-state index contributed by atoms with van der Waals surface area (Å²) >= 11 is 0. The highest BCUT2D eigenvalue weighted by Gasteiger charge is 2.52. The average molecular weight is 389 g/mol.